The number of aliphatic hydroxyl groups is 1. The molecule has 2 nitrogen and oxygen atoms in total. The van der Waals surface area contributed by atoms with Crippen LogP contribution in [0.3, 0.4) is 0 Å². The van der Waals surface area contributed by atoms with E-state index in [-0.39, 0.29) is 17.4 Å². The molecule has 0 amide bonds. The molecule has 0 aromatic heterocycles. The van der Waals surface area contributed by atoms with Crippen LogP contribution in [0.4, 0.5) is 0 Å². The van der Waals surface area contributed by atoms with Gasteiger partial charge < -0.3 is 10.0 Å². The van der Waals surface area contributed by atoms with E-state index in [0.29, 0.717) is 0 Å². The molecule has 1 heterocycles. The Morgan fingerprint density at radius 1 is 0.917 bits per heavy atom. The highest BCUT2D eigenvalue weighted by Gasteiger charge is 2.47. The summed E-state index contributed by atoms with van der Waals surface area (Å²) in [7, 11) is 0. The lowest BCUT2D eigenvalue weighted by atomic mass is 9.55. The number of hydrogen-bond donors (Lipinski definition) is 1. The molecule has 3 rings (SSSR count). The van der Waals surface area contributed by atoms with Crippen LogP contribution in [0.5, 0.6) is 0 Å². The molecular weight excluding hydrogens is 294 g/mol. The lowest BCUT2D eigenvalue weighted by Crippen LogP contribution is -2.50. The molecule has 0 radical (unpaired) electrons. The first kappa shape index (κ1) is 17.2. The fourth-order valence-electron chi connectivity index (χ4n) is 4.32. The van der Waals surface area contributed by atoms with Crippen LogP contribution in [0.2, 0.25) is 0 Å². The molecule has 0 unspecified atom stereocenters. The summed E-state index contributed by atoms with van der Waals surface area (Å²) < 4.78 is 0. The minimum absolute atomic E-state index is 0.0131. The van der Waals surface area contributed by atoms with Gasteiger partial charge in [-0.1, -0.05) is 74.5 Å². The summed E-state index contributed by atoms with van der Waals surface area (Å²) in [6.45, 7) is 8.04. The average Bonchev–Trinajstić information content (AvgIpc) is 2.64. The van der Waals surface area contributed by atoms with Gasteiger partial charge in [-0.25, -0.2) is 0 Å². The number of aliphatic hydroxyl groups excluding tert-OH is 1. The molecule has 1 aliphatic rings. The van der Waals surface area contributed by atoms with Crippen molar-refractivity contribution in [3.63, 3.8) is 0 Å². The minimum Gasteiger partial charge on any atom is -0.395 e. The van der Waals surface area contributed by atoms with E-state index in [0.717, 1.165) is 32.5 Å². The zero-order chi connectivity index (χ0) is 17.0. The molecule has 0 spiro atoms. The lowest BCUT2D eigenvalue weighted by molar-refractivity contribution is 0.0571. The third kappa shape index (κ3) is 3.01. The van der Waals surface area contributed by atoms with Crippen molar-refractivity contribution in [3.8, 4) is 0 Å². The highest BCUT2D eigenvalue weighted by atomic mass is 16.3. The van der Waals surface area contributed by atoms with E-state index in [1.54, 1.807) is 0 Å². The normalized spacial score (nSPS) is 18.5. The van der Waals surface area contributed by atoms with Crippen molar-refractivity contribution in [2.24, 2.45) is 5.41 Å². The number of hydrogen-bond acceptors (Lipinski definition) is 2. The van der Waals surface area contributed by atoms with E-state index < -0.39 is 0 Å². The predicted octanol–water partition coefficient (Wildman–Crippen LogP) is 4.09. The first-order chi connectivity index (χ1) is 11.6. The summed E-state index contributed by atoms with van der Waals surface area (Å²) in [5.74, 6) is 0. The minimum atomic E-state index is -0.0131. The summed E-state index contributed by atoms with van der Waals surface area (Å²) in [6, 6.07) is 21.9. The second-order valence-electron chi connectivity index (χ2n) is 7.48. The quantitative estimate of drug-likeness (QED) is 0.896. The molecule has 2 heteroatoms. The zero-order valence-corrected chi connectivity index (χ0v) is 14.9. The number of benzene rings is 2. The van der Waals surface area contributed by atoms with Crippen molar-refractivity contribution in [3.05, 3.63) is 71.8 Å². The van der Waals surface area contributed by atoms with Crippen LogP contribution in [-0.4, -0.2) is 36.2 Å². The van der Waals surface area contributed by atoms with Gasteiger partial charge >= 0.3 is 0 Å². The molecule has 1 fully saturated rings. The van der Waals surface area contributed by atoms with Crippen molar-refractivity contribution in [2.75, 3.05) is 26.2 Å². The van der Waals surface area contributed by atoms with Crippen LogP contribution in [0.1, 0.15) is 37.8 Å². The third-order valence-corrected chi connectivity index (χ3v) is 6.29. The Bertz CT molecular complexity index is 590. The molecule has 2 aromatic rings. The van der Waals surface area contributed by atoms with E-state index in [4.69, 9.17) is 0 Å². The lowest BCUT2D eigenvalue weighted by Gasteiger charge is -2.52. The molecular formula is C22H29NO. The Labute approximate surface area is 146 Å². The van der Waals surface area contributed by atoms with Gasteiger partial charge in [0, 0.05) is 12.0 Å². The van der Waals surface area contributed by atoms with Crippen LogP contribution >= 0.6 is 0 Å². The van der Waals surface area contributed by atoms with E-state index in [9.17, 15) is 5.11 Å². The van der Waals surface area contributed by atoms with E-state index in [2.05, 4.69) is 79.4 Å². The topological polar surface area (TPSA) is 23.5 Å². The first-order valence-electron chi connectivity index (χ1n) is 9.04. The molecule has 24 heavy (non-hydrogen) atoms. The van der Waals surface area contributed by atoms with Gasteiger partial charge in [-0.3, -0.25) is 0 Å². The summed E-state index contributed by atoms with van der Waals surface area (Å²) >= 11 is 0. The molecule has 0 atom stereocenters. The van der Waals surface area contributed by atoms with Gasteiger partial charge in [0.25, 0.3) is 0 Å². The first-order valence-corrected chi connectivity index (χ1v) is 9.04. The average molecular weight is 323 g/mol. The van der Waals surface area contributed by atoms with E-state index >= 15 is 0 Å². The number of piperidine rings is 1. The van der Waals surface area contributed by atoms with Gasteiger partial charge in [0.1, 0.15) is 0 Å². The predicted molar refractivity (Wildman–Crippen MR) is 100 cm³/mol. The van der Waals surface area contributed by atoms with Crippen LogP contribution in [0.25, 0.3) is 0 Å². The summed E-state index contributed by atoms with van der Waals surface area (Å²) in [5, 5.41) is 9.22. The van der Waals surface area contributed by atoms with Gasteiger partial charge in [-0.2, -0.15) is 0 Å². The molecule has 0 saturated carbocycles. The Hall–Kier alpha value is -1.64. The maximum atomic E-state index is 9.22. The standard InChI is InChI=1S/C22H29NO/c1-21(13-15-23(16-14-21)17-18-24)22(2,19-9-5-3-6-10-19)20-11-7-4-8-12-20/h3-12,24H,13-18H2,1-2H3. The SMILES string of the molecule is CC1(C(C)(c2ccccc2)c2ccccc2)CCN(CCO)CC1. The second-order valence-corrected chi connectivity index (χ2v) is 7.48. The van der Waals surface area contributed by atoms with E-state index in [1.165, 1.54) is 11.1 Å². The van der Waals surface area contributed by atoms with Crippen molar-refractivity contribution in [1.82, 2.24) is 4.90 Å². The monoisotopic (exact) mass is 323 g/mol. The molecule has 1 saturated heterocycles. The Kier molecular flexibility index (Phi) is 5.07. The Morgan fingerprint density at radius 2 is 1.38 bits per heavy atom. The maximum Gasteiger partial charge on any atom is 0.0558 e. The van der Waals surface area contributed by atoms with Crippen LogP contribution in [-0.2, 0) is 5.41 Å². The zero-order valence-electron chi connectivity index (χ0n) is 14.9. The number of nitrogens with zero attached hydrogens (tertiary/aromatic N) is 1. The number of rotatable bonds is 5. The summed E-state index contributed by atoms with van der Waals surface area (Å²) in [5.41, 5.74) is 2.98. The number of β-amino-alcohol motifs (C(OH)–C–C–N with tert-alkyl or cyclic N) is 1. The fraction of sp³-hybridized carbons (Fsp3) is 0.455. The highest BCUT2D eigenvalue weighted by Crippen LogP contribution is 2.52. The maximum absolute atomic E-state index is 9.22. The van der Waals surface area contributed by atoms with Crippen molar-refractivity contribution < 1.29 is 5.11 Å². The van der Waals surface area contributed by atoms with Gasteiger partial charge in [0.2, 0.25) is 0 Å². The number of likely N-dealkylation sites (tertiary alicyclic amines) is 1. The van der Waals surface area contributed by atoms with Crippen LogP contribution < -0.4 is 0 Å². The molecule has 128 valence electrons. The largest absolute Gasteiger partial charge is 0.395 e. The fourth-order valence-corrected chi connectivity index (χ4v) is 4.32. The molecule has 0 aliphatic carbocycles. The van der Waals surface area contributed by atoms with Crippen molar-refractivity contribution >= 4 is 0 Å². The van der Waals surface area contributed by atoms with Gasteiger partial charge in [0.05, 0.1) is 6.61 Å². The molecule has 1 N–H and O–H groups in total. The van der Waals surface area contributed by atoms with Crippen molar-refractivity contribution in [1.29, 1.82) is 0 Å². The van der Waals surface area contributed by atoms with Gasteiger partial charge in [-0.15, -0.1) is 0 Å². The molecule has 0 bridgehead atoms. The van der Waals surface area contributed by atoms with Gasteiger partial charge in [-0.05, 0) is 42.5 Å². The van der Waals surface area contributed by atoms with Crippen LogP contribution in [0.15, 0.2) is 60.7 Å². The smallest absolute Gasteiger partial charge is 0.0558 e. The Morgan fingerprint density at radius 3 is 1.79 bits per heavy atom. The summed E-state index contributed by atoms with van der Waals surface area (Å²) in [4.78, 5) is 2.39. The van der Waals surface area contributed by atoms with Crippen LogP contribution in [0, 0.1) is 5.41 Å². The third-order valence-electron chi connectivity index (χ3n) is 6.29. The Balaban J connectivity index is 2.00. The van der Waals surface area contributed by atoms with E-state index in [1.807, 2.05) is 0 Å². The highest BCUT2D eigenvalue weighted by molar-refractivity contribution is 5.41. The summed E-state index contributed by atoms with van der Waals surface area (Å²) in [6.07, 6.45) is 2.29. The van der Waals surface area contributed by atoms with Crippen molar-refractivity contribution in [2.45, 2.75) is 32.1 Å². The van der Waals surface area contributed by atoms with Gasteiger partial charge in [0.15, 0.2) is 0 Å². The molecule has 2 aromatic carbocycles. The second kappa shape index (κ2) is 7.08. The molecule has 1 aliphatic heterocycles.